The van der Waals surface area contributed by atoms with E-state index in [0.29, 0.717) is 24.3 Å². The number of carbonyl (C=O) groups excluding carboxylic acids is 1. The Bertz CT molecular complexity index is 864. The third-order valence-electron chi connectivity index (χ3n) is 5.00. The smallest absolute Gasteiger partial charge is 0.261 e. The predicted molar refractivity (Wildman–Crippen MR) is 111 cm³/mol. The Morgan fingerprint density at radius 1 is 1.17 bits per heavy atom. The number of carbonyl (C=O) groups is 1. The largest absolute Gasteiger partial charge is 0.497 e. The summed E-state index contributed by atoms with van der Waals surface area (Å²) in [7, 11) is 3.20. The Kier molecular flexibility index (Phi) is 6.20. The standard InChI is InChI=1S/C23H29NO5/c1-6-18(28-20-10-8-7-9-19(20)27-5)22(25)24-17-14-23(2,3)29-21-13-15(26-4)11-12-16(17)21/h7-13,17-18H,6,14H2,1-5H3,(H,24,25)/t17-,18-/m1/s1. The summed E-state index contributed by atoms with van der Waals surface area (Å²) in [5.41, 5.74) is 0.522. The summed E-state index contributed by atoms with van der Waals surface area (Å²) in [4.78, 5) is 13.0. The fourth-order valence-electron chi connectivity index (χ4n) is 3.54. The number of nitrogens with one attached hydrogen (secondary N) is 1. The average Bonchev–Trinajstić information content (AvgIpc) is 2.70. The Balaban J connectivity index is 1.80. The lowest BCUT2D eigenvalue weighted by Gasteiger charge is -2.38. The van der Waals surface area contributed by atoms with Crippen LogP contribution in [0.2, 0.25) is 0 Å². The van der Waals surface area contributed by atoms with E-state index in [1.165, 1.54) is 0 Å². The van der Waals surface area contributed by atoms with Gasteiger partial charge in [0.05, 0.1) is 20.3 Å². The molecule has 1 aliphatic heterocycles. The topological polar surface area (TPSA) is 66.0 Å². The van der Waals surface area contributed by atoms with Crippen LogP contribution in [0.15, 0.2) is 42.5 Å². The second kappa shape index (κ2) is 8.64. The molecule has 1 amide bonds. The molecule has 0 saturated heterocycles. The highest BCUT2D eigenvalue weighted by molar-refractivity contribution is 5.81. The number of rotatable bonds is 7. The lowest BCUT2D eigenvalue weighted by Crippen LogP contribution is -2.45. The quantitative estimate of drug-likeness (QED) is 0.753. The average molecular weight is 399 g/mol. The number of para-hydroxylation sites is 2. The third kappa shape index (κ3) is 4.75. The van der Waals surface area contributed by atoms with E-state index in [0.717, 1.165) is 17.1 Å². The highest BCUT2D eigenvalue weighted by Gasteiger charge is 2.36. The van der Waals surface area contributed by atoms with Gasteiger partial charge >= 0.3 is 0 Å². The van der Waals surface area contributed by atoms with Crippen molar-refractivity contribution in [3.05, 3.63) is 48.0 Å². The summed E-state index contributed by atoms with van der Waals surface area (Å²) in [6.45, 7) is 5.95. The lowest BCUT2D eigenvalue weighted by atomic mass is 9.89. The minimum absolute atomic E-state index is 0.164. The van der Waals surface area contributed by atoms with E-state index in [-0.39, 0.29) is 11.9 Å². The maximum Gasteiger partial charge on any atom is 0.261 e. The predicted octanol–water partition coefficient (Wildman–Crippen LogP) is 4.28. The Morgan fingerprint density at radius 2 is 1.90 bits per heavy atom. The van der Waals surface area contributed by atoms with Crippen molar-refractivity contribution in [3.63, 3.8) is 0 Å². The molecule has 0 saturated carbocycles. The van der Waals surface area contributed by atoms with Gasteiger partial charge < -0.3 is 24.3 Å². The fraction of sp³-hybridized carbons (Fsp3) is 0.435. The normalized spacial score (nSPS) is 18.0. The number of fused-ring (bicyclic) bond motifs is 1. The van der Waals surface area contributed by atoms with Crippen LogP contribution in [-0.2, 0) is 4.79 Å². The summed E-state index contributed by atoms with van der Waals surface area (Å²) >= 11 is 0. The number of amides is 1. The van der Waals surface area contributed by atoms with Crippen molar-refractivity contribution in [2.24, 2.45) is 0 Å². The molecule has 29 heavy (non-hydrogen) atoms. The number of methoxy groups -OCH3 is 2. The highest BCUT2D eigenvalue weighted by Crippen LogP contribution is 2.41. The maximum absolute atomic E-state index is 13.0. The molecule has 1 heterocycles. The van der Waals surface area contributed by atoms with E-state index in [2.05, 4.69) is 5.32 Å². The molecule has 3 rings (SSSR count). The number of hydrogen-bond acceptors (Lipinski definition) is 5. The molecule has 0 aromatic heterocycles. The molecule has 0 radical (unpaired) electrons. The first-order chi connectivity index (χ1) is 13.9. The molecule has 2 atom stereocenters. The molecule has 2 aromatic carbocycles. The van der Waals surface area contributed by atoms with Gasteiger partial charge in [0.15, 0.2) is 17.6 Å². The van der Waals surface area contributed by atoms with Crippen molar-refractivity contribution >= 4 is 5.91 Å². The highest BCUT2D eigenvalue weighted by atomic mass is 16.5. The van der Waals surface area contributed by atoms with E-state index >= 15 is 0 Å². The molecule has 0 bridgehead atoms. The molecule has 6 heteroatoms. The van der Waals surface area contributed by atoms with Gasteiger partial charge in [0.2, 0.25) is 0 Å². The molecule has 6 nitrogen and oxygen atoms in total. The van der Waals surface area contributed by atoms with E-state index in [1.54, 1.807) is 20.3 Å². The van der Waals surface area contributed by atoms with Crippen LogP contribution in [0.1, 0.15) is 45.2 Å². The van der Waals surface area contributed by atoms with Crippen molar-refractivity contribution in [1.82, 2.24) is 5.32 Å². The number of hydrogen-bond donors (Lipinski definition) is 1. The third-order valence-corrected chi connectivity index (χ3v) is 5.00. The van der Waals surface area contributed by atoms with Crippen LogP contribution >= 0.6 is 0 Å². The van der Waals surface area contributed by atoms with Gasteiger partial charge in [-0.1, -0.05) is 19.1 Å². The molecule has 156 valence electrons. The minimum Gasteiger partial charge on any atom is -0.497 e. The van der Waals surface area contributed by atoms with Crippen molar-refractivity contribution < 1.29 is 23.7 Å². The van der Waals surface area contributed by atoms with Crippen molar-refractivity contribution in [2.45, 2.75) is 51.4 Å². The van der Waals surface area contributed by atoms with E-state index in [9.17, 15) is 4.79 Å². The zero-order valence-corrected chi connectivity index (χ0v) is 17.7. The van der Waals surface area contributed by atoms with Crippen LogP contribution in [0.25, 0.3) is 0 Å². The van der Waals surface area contributed by atoms with Crippen LogP contribution in [0.4, 0.5) is 0 Å². The first kappa shape index (κ1) is 20.8. The second-order valence-corrected chi connectivity index (χ2v) is 7.70. The Morgan fingerprint density at radius 3 is 2.55 bits per heavy atom. The van der Waals surface area contributed by atoms with Gasteiger partial charge in [0.1, 0.15) is 17.1 Å². The lowest BCUT2D eigenvalue weighted by molar-refractivity contribution is -0.129. The first-order valence-corrected chi connectivity index (χ1v) is 9.84. The van der Waals surface area contributed by atoms with Gasteiger partial charge in [-0.05, 0) is 44.5 Å². The van der Waals surface area contributed by atoms with Gasteiger partial charge in [0.25, 0.3) is 5.91 Å². The molecular weight excluding hydrogens is 370 g/mol. The number of ether oxygens (including phenoxy) is 4. The molecule has 0 fully saturated rings. The van der Waals surface area contributed by atoms with Gasteiger partial charge in [0, 0.05) is 18.1 Å². The van der Waals surface area contributed by atoms with Crippen LogP contribution in [-0.4, -0.2) is 31.8 Å². The van der Waals surface area contributed by atoms with Crippen LogP contribution in [0, 0.1) is 0 Å². The molecule has 0 aliphatic carbocycles. The molecule has 0 spiro atoms. The molecule has 1 N–H and O–H groups in total. The molecule has 2 aromatic rings. The Hall–Kier alpha value is -2.89. The zero-order chi connectivity index (χ0) is 21.0. The summed E-state index contributed by atoms with van der Waals surface area (Å²) in [6.07, 6.45) is 0.564. The van der Waals surface area contributed by atoms with Gasteiger partial charge in [-0.15, -0.1) is 0 Å². The van der Waals surface area contributed by atoms with E-state index < -0.39 is 11.7 Å². The molecular formula is C23H29NO5. The second-order valence-electron chi connectivity index (χ2n) is 7.70. The number of benzene rings is 2. The van der Waals surface area contributed by atoms with E-state index in [4.69, 9.17) is 18.9 Å². The zero-order valence-electron chi connectivity index (χ0n) is 17.7. The van der Waals surface area contributed by atoms with Crippen LogP contribution in [0.3, 0.4) is 0 Å². The summed E-state index contributed by atoms with van der Waals surface area (Å²) in [6, 6.07) is 12.8. The SMILES string of the molecule is CC[C@@H](Oc1ccccc1OC)C(=O)N[C@@H]1CC(C)(C)Oc2cc(OC)ccc21. The van der Waals surface area contributed by atoms with Crippen molar-refractivity contribution in [1.29, 1.82) is 0 Å². The maximum atomic E-state index is 13.0. The summed E-state index contributed by atoms with van der Waals surface area (Å²) in [5, 5.41) is 3.15. The van der Waals surface area contributed by atoms with Crippen molar-refractivity contribution in [2.75, 3.05) is 14.2 Å². The van der Waals surface area contributed by atoms with Gasteiger partial charge in [-0.2, -0.15) is 0 Å². The van der Waals surface area contributed by atoms with Crippen molar-refractivity contribution in [3.8, 4) is 23.0 Å². The van der Waals surface area contributed by atoms with Gasteiger partial charge in [-0.3, -0.25) is 4.79 Å². The monoisotopic (exact) mass is 399 g/mol. The van der Waals surface area contributed by atoms with Crippen LogP contribution < -0.4 is 24.3 Å². The Labute approximate surface area is 172 Å². The molecule has 0 unspecified atom stereocenters. The van der Waals surface area contributed by atoms with Gasteiger partial charge in [-0.25, -0.2) is 0 Å². The fourth-order valence-corrected chi connectivity index (χ4v) is 3.54. The van der Waals surface area contributed by atoms with E-state index in [1.807, 2.05) is 57.2 Å². The summed E-state index contributed by atoms with van der Waals surface area (Å²) < 4.78 is 22.7. The van der Waals surface area contributed by atoms with Crippen LogP contribution in [0.5, 0.6) is 23.0 Å². The molecule has 1 aliphatic rings. The minimum atomic E-state index is -0.626. The first-order valence-electron chi connectivity index (χ1n) is 9.84. The summed E-state index contributed by atoms with van der Waals surface area (Å²) in [5.74, 6) is 2.43.